The van der Waals surface area contributed by atoms with E-state index in [-0.39, 0.29) is 80.4 Å². The summed E-state index contributed by atoms with van der Waals surface area (Å²) in [6, 6.07) is 9.21. The van der Waals surface area contributed by atoms with Crippen molar-refractivity contribution in [1.29, 1.82) is 0 Å². The molecule has 0 bridgehead atoms. The van der Waals surface area contributed by atoms with Crippen LogP contribution in [0, 0.1) is 23.7 Å². The van der Waals surface area contributed by atoms with Crippen LogP contribution in [0.3, 0.4) is 0 Å². The second-order valence-corrected chi connectivity index (χ2v) is 28.1. The second kappa shape index (κ2) is 40.6. The Morgan fingerprint density at radius 1 is 0.762 bits per heavy atom. The van der Waals surface area contributed by atoms with Gasteiger partial charge in [-0.1, -0.05) is 109 Å². The molecule has 12 amide bonds. The van der Waals surface area contributed by atoms with Gasteiger partial charge in [0, 0.05) is 77.5 Å². The highest BCUT2D eigenvalue weighted by atomic mass is 32.2. The number of thiazole rings is 1. The summed E-state index contributed by atoms with van der Waals surface area (Å²) in [6.07, 6.45) is 6.39. The number of nitrogens with one attached hydrogen (secondary N) is 9. The summed E-state index contributed by atoms with van der Waals surface area (Å²) in [5.74, 6) is -6.49. The molecule has 2 aromatic heterocycles. The maximum absolute atomic E-state index is 14.8. The van der Waals surface area contributed by atoms with E-state index in [0.29, 0.717) is 42.9 Å². The van der Waals surface area contributed by atoms with E-state index in [0.717, 1.165) is 10.6 Å². The largest absolute Gasteiger partial charge is 0.445 e. The summed E-state index contributed by atoms with van der Waals surface area (Å²) in [6.45, 7) is 17.0. The van der Waals surface area contributed by atoms with Crippen LogP contribution in [0.2, 0.25) is 0 Å². The predicted octanol–water partition coefficient (Wildman–Crippen LogP) is 5.16. The Morgan fingerprint density at radius 3 is 2.01 bits per heavy atom. The highest BCUT2D eigenvalue weighted by Crippen LogP contribution is 2.31. The third kappa shape index (κ3) is 25.3. The highest BCUT2D eigenvalue weighted by Gasteiger charge is 2.44. The number of primary amides is 1. The summed E-state index contributed by atoms with van der Waals surface area (Å²) in [7, 11) is 4.68. The van der Waals surface area contributed by atoms with Gasteiger partial charge in [-0.15, -0.1) is 11.3 Å². The number of hydrogen-bond donors (Lipinski definition) is 10. The van der Waals surface area contributed by atoms with Crippen LogP contribution in [0.5, 0.6) is 0 Å². The fourth-order valence-electron chi connectivity index (χ4n) is 11.9. The number of nitrogens with zero attached hydrogens (tertiary/aromatic N) is 5. The quantitative estimate of drug-likeness (QED) is 0.0157. The molecule has 11 atom stereocenters. The molecule has 554 valence electrons. The molecule has 2 aromatic carbocycles. The van der Waals surface area contributed by atoms with Crippen LogP contribution in [0.4, 0.5) is 15.3 Å². The summed E-state index contributed by atoms with van der Waals surface area (Å²) < 4.78 is 17.7. The second-order valence-electron chi connectivity index (χ2n) is 26.4. The van der Waals surface area contributed by atoms with E-state index in [2.05, 4.69) is 62.8 Å². The van der Waals surface area contributed by atoms with Gasteiger partial charge in [0.25, 0.3) is 5.91 Å². The van der Waals surface area contributed by atoms with Crippen molar-refractivity contribution in [2.75, 3.05) is 52.5 Å². The van der Waals surface area contributed by atoms with Gasteiger partial charge < -0.3 is 77.6 Å². The van der Waals surface area contributed by atoms with E-state index in [1.54, 1.807) is 71.3 Å². The number of benzene rings is 2. The molecule has 0 unspecified atom stereocenters. The maximum atomic E-state index is 14.8. The number of urea groups is 1. The van der Waals surface area contributed by atoms with E-state index >= 15 is 0 Å². The number of methoxy groups -OCH3 is 2. The van der Waals surface area contributed by atoms with Gasteiger partial charge in [-0.2, -0.15) is 0 Å². The molecular formula is C70H103N15O14S2. The van der Waals surface area contributed by atoms with E-state index in [9.17, 15) is 52.7 Å². The standard InChI is InChI=1S/C70H103N15O14S2/c1-15-42(6)57(53(97-12)36-54(87)85-33-20-24-52(85)58(98-13)43(7)59(88)80-51(64-73-32-34-101-64)35-45-21-17-16-18-22-45)84(11)65(93)56(41(4)5)82-66(94)70(9,10)83-69(96)99-39-46-25-27-48(28-26-46)78-61(90)49(23-19-30-74-67(71)95)79-63(92)55(40(2)3)81-62(91)50(77-44(8)86)29-31-72-60(89)47-37-75-68(100-14)76-38-47/h16-18,21-22,25-28,32,34,37-38,40-43,49-53,55-58H,15,19-20,23-24,29-31,33,35-36,39H2,1-14H3,(H,72,89)(H,77,86)(H,78,90)(H,79,92)(H,80,88)(H,81,91)(H,82,94)(H,83,96)(H3,71,74,95)/t42-,43+,49-,50-,51-,52-,53+,55-,56-,57-,58+/m0/s1. The third-order valence-corrected chi connectivity index (χ3v) is 19.2. The fourth-order valence-corrected chi connectivity index (χ4v) is 12.9. The molecule has 4 aromatic rings. The van der Waals surface area contributed by atoms with Gasteiger partial charge in [-0.25, -0.2) is 24.5 Å². The van der Waals surface area contributed by atoms with Crippen molar-refractivity contribution in [3.05, 3.63) is 100 Å². The number of aromatic nitrogens is 3. The molecule has 5 rings (SSSR count). The molecule has 0 saturated carbocycles. The predicted molar refractivity (Wildman–Crippen MR) is 382 cm³/mol. The number of carbonyl (C=O) groups is 11. The number of thioether (sulfide) groups is 1. The minimum atomic E-state index is -1.61. The van der Waals surface area contributed by atoms with Crippen molar-refractivity contribution in [2.24, 2.45) is 29.4 Å². The Balaban J connectivity index is 1.17. The normalized spacial score (nSPS) is 15.9. The lowest BCUT2D eigenvalue weighted by atomic mass is 9.89. The number of amides is 12. The third-order valence-electron chi connectivity index (χ3n) is 17.7. The van der Waals surface area contributed by atoms with Crippen molar-refractivity contribution in [2.45, 2.75) is 192 Å². The number of hydrogen-bond acceptors (Lipinski definition) is 19. The highest BCUT2D eigenvalue weighted by molar-refractivity contribution is 7.98. The van der Waals surface area contributed by atoms with E-state index in [1.165, 1.54) is 80.4 Å². The molecule has 0 aliphatic carbocycles. The van der Waals surface area contributed by atoms with Crippen molar-refractivity contribution >= 4 is 94.1 Å². The summed E-state index contributed by atoms with van der Waals surface area (Å²) in [5.41, 5.74) is 5.66. The molecule has 1 aliphatic heterocycles. The van der Waals surface area contributed by atoms with Gasteiger partial charge in [0.15, 0.2) is 5.16 Å². The lowest BCUT2D eigenvalue weighted by Gasteiger charge is -2.41. The summed E-state index contributed by atoms with van der Waals surface area (Å²) in [5, 5.41) is 27.6. The number of carbonyl (C=O) groups excluding carboxylic acids is 11. The number of rotatable bonds is 39. The average molecular weight is 1440 g/mol. The number of ether oxygens (including phenoxy) is 3. The topological polar surface area (TPSA) is 395 Å². The first-order valence-electron chi connectivity index (χ1n) is 34.0. The smallest absolute Gasteiger partial charge is 0.408 e. The molecular weight excluding hydrogens is 1340 g/mol. The van der Waals surface area contributed by atoms with Crippen LogP contribution in [0.25, 0.3) is 0 Å². The molecule has 1 saturated heterocycles. The Hall–Kier alpha value is -8.81. The Bertz CT molecular complexity index is 3390. The first-order chi connectivity index (χ1) is 47.9. The van der Waals surface area contributed by atoms with E-state index < -0.39 is 125 Å². The Labute approximate surface area is 600 Å². The molecule has 101 heavy (non-hydrogen) atoms. The zero-order valence-electron chi connectivity index (χ0n) is 60.3. The Kier molecular flexibility index (Phi) is 33.3. The molecule has 3 heterocycles. The van der Waals surface area contributed by atoms with Gasteiger partial charge in [-0.3, -0.25) is 43.2 Å². The molecule has 0 spiro atoms. The van der Waals surface area contributed by atoms with Gasteiger partial charge >= 0.3 is 12.1 Å². The van der Waals surface area contributed by atoms with Crippen LogP contribution in [0.1, 0.15) is 147 Å². The first kappa shape index (κ1) is 82.9. The number of alkyl carbamates (subject to hydrolysis) is 1. The van der Waals surface area contributed by atoms with Gasteiger partial charge in [-0.05, 0) is 99.6 Å². The van der Waals surface area contributed by atoms with Crippen LogP contribution in [0.15, 0.2) is 83.7 Å². The molecule has 31 heteroatoms. The zero-order valence-corrected chi connectivity index (χ0v) is 62.0. The van der Waals surface area contributed by atoms with Gasteiger partial charge in [0.1, 0.15) is 41.3 Å². The zero-order chi connectivity index (χ0) is 74.7. The van der Waals surface area contributed by atoms with Gasteiger partial charge in [0.2, 0.25) is 47.3 Å². The van der Waals surface area contributed by atoms with Crippen LogP contribution < -0.4 is 53.6 Å². The lowest BCUT2D eigenvalue weighted by Crippen LogP contribution is -2.62. The first-order valence-corrected chi connectivity index (χ1v) is 36.1. The van der Waals surface area contributed by atoms with Crippen LogP contribution in [-0.2, 0) is 65.6 Å². The number of anilines is 1. The number of likely N-dealkylation sites (N-methyl/N-ethyl adjacent to an activating group) is 1. The summed E-state index contributed by atoms with van der Waals surface area (Å²) in [4.78, 5) is 165. The lowest BCUT2D eigenvalue weighted by molar-refractivity contribution is -0.148. The summed E-state index contributed by atoms with van der Waals surface area (Å²) >= 11 is 2.77. The fraction of sp³-hybridized carbons (Fsp3) is 0.571. The van der Waals surface area contributed by atoms with E-state index in [1.807, 2.05) is 56.5 Å². The van der Waals surface area contributed by atoms with Crippen molar-refractivity contribution < 1.29 is 67.0 Å². The maximum Gasteiger partial charge on any atom is 0.408 e. The minimum Gasteiger partial charge on any atom is -0.445 e. The molecule has 1 fully saturated rings. The van der Waals surface area contributed by atoms with Crippen molar-refractivity contribution in [3.63, 3.8) is 0 Å². The van der Waals surface area contributed by atoms with Crippen LogP contribution >= 0.6 is 23.1 Å². The Morgan fingerprint density at radius 2 is 1.43 bits per heavy atom. The molecule has 11 N–H and O–H groups in total. The van der Waals surface area contributed by atoms with Crippen molar-refractivity contribution in [1.82, 2.24) is 67.3 Å². The number of nitrogens with two attached hydrogens (primary N) is 1. The average Bonchev–Trinajstić information content (AvgIpc) is 1.80. The monoisotopic (exact) mass is 1440 g/mol. The molecule has 0 radical (unpaired) electrons. The number of likely N-dealkylation sites (tertiary alicyclic amines) is 1. The SMILES string of the molecule is CC[C@H](C)[C@@H]([C@@H](CC(=O)N1CCC[C@H]1[C@H](OC)[C@@H](C)C(=O)N[C@@H](Cc1ccccc1)c1nccs1)OC)N(C)C(=O)[C@@H](NC(=O)C(C)(C)NC(=O)OCc1ccc(NC(=O)[C@H](CCCNC(N)=O)NC(=O)[C@@H](NC(=O)[C@H](CCNC(=O)c2cnc(SC)nc2)NC(C)=O)C(C)C)cc1)C(C)C. The minimum absolute atomic E-state index is 0.0168. The van der Waals surface area contributed by atoms with E-state index in [4.69, 9.17) is 19.9 Å². The molecule has 29 nitrogen and oxygen atoms in total. The van der Waals surface area contributed by atoms with Gasteiger partial charge in [0.05, 0.1) is 48.2 Å². The van der Waals surface area contributed by atoms with Crippen LogP contribution in [-0.4, -0.2) is 191 Å². The molecule has 1 aliphatic rings. The van der Waals surface area contributed by atoms with Crippen molar-refractivity contribution in [3.8, 4) is 0 Å².